The number of esters is 1. The lowest BCUT2D eigenvalue weighted by Crippen LogP contribution is -2.18. The maximum atomic E-state index is 13.1. The number of alkyl halides is 3. The molecule has 3 rings (SSSR count). The number of fused-ring (bicyclic) bond motifs is 1. The van der Waals surface area contributed by atoms with Gasteiger partial charge in [0.05, 0.1) is 17.7 Å². The van der Waals surface area contributed by atoms with Gasteiger partial charge in [0, 0.05) is 10.4 Å². The fraction of sp³-hybridized carbons (Fsp3) is 0.158. The number of ether oxygens (including phenoxy) is 1. The minimum absolute atomic E-state index is 0.257. The van der Waals surface area contributed by atoms with E-state index in [0.717, 1.165) is 16.8 Å². The Balaban J connectivity index is 1.87. The quantitative estimate of drug-likeness (QED) is 0.608. The molecule has 0 saturated heterocycles. The monoisotopic (exact) mass is 393 g/mol. The maximum absolute atomic E-state index is 13.1. The van der Waals surface area contributed by atoms with Crippen molar-refractivity contribution in [3.63, 3.8) is 0 Å². The lowest BCUT2D eigenvalue weighted by Gasteiger charge is -2.12. The largest absolute Gasteiger partial charge is 0.462 e. The fourth-order valence-electron chi connectivity index (χ4n) is 2.55. The molecule has 0 radical (unpaired) electrons. The Morgan fingerprint density at radius 2 is 1.85 bits per heavy atom. The Morgan fingerprint density at radius 3 is 2.56 bits per heavy atom. The second-order valence-corrected chi connectivity index (χ2v) is 6.66. The van der Waals surface area contributed by atoms with Crippen molar-refractivity contribution in [3.8, 4) is 0 Å². The van der Waals surface area contributed by atoms with E-state index in [2.05, 4.69) is 5.32 Å². The molecule has 0 fully saturated rings. The van der Waals surface area contributed by atoms with E-state index in [9.17, 15) is 22.8 Å². The van der Waals surface area contributed by atoms with Crippen molar-refractivity contribution in [2.45, 2.75) is 13.1 Å². The molecule has 1 heterocycles. The summed E-state index contributed by atoms with van der Waals surface area (Å²) in [7, 11) is 0. The lowest BCUT2D eigenvalue weighted by atomic mass is 10.1. The fourth-order valence-corrected chi connectivity index (χ4v) is 3.49. The molecule has 27 heavy (non-hydrogen) atoms. The van der Waals surface area contributed by atoms with Crippen LogP contribution in [0.25, 0.3) is 10.1 Å². The molecule has 0 aliphatic rings. The standard InChI is InChI=1S/C19H14F3NO3S/c1-2-26-18(25)16-10-11-9-12(7-8-15(11)27-16)23-17(24)13-5-3-4-6-14(13)19(20,21)22/h3-10H,2H2,1H3,(H,23,24). The van der Waals surface area contributed by atoms with Crippen LogP contribution in [0.5, 0.6) is 0 Å². The molecule has 2 aromatic carbocycles. The molecule has 3 aromatic rings. The first-order chi connectivity index (χ1) is 12.8. The van der Waals surface area contributed by atoms with Gasteiger partial charge < -0.3 is 10.1 Å². The van der Waals surface area contributed by atoms with Crippen molar-refractivity contribution in [2.75, 3.05) is 11.9 Å². The van der Waals surface area contributed by atoms with Gasteiger partial charge in [-0.1, -0.05) is 12.1 Å². The van der Waals surface area contributed by atoms with Gasteiger partial charge in [0.15, 0.2) is 0 Å². The first-order valence-corrected chi connectivity index (χ1v) is 8.79. The zero-order valence-electron chi connectivity index (χ0n) is 14.1. The number of amides is 1. The number of hydrogen-bond donors (Lipinski definition) is 1. The van der Waals surface area contributed by atoms with Gasteiger partial charge in [-0.15, -0.1) is 11.3 Å². The number of carbonyl (C=O) groups is 2. The highest BCUT2D eigenvalue weighted by Crippen LogP contribution is 2.33. The number of nitrogens with one attached hydrogen (secondary N) is 1. The van der Waals surface area contributed by atoms with Crippen molar-refractivity contribution in [1.29, 1.82) is 0 Å². The number of halogens is 3. The Kier molecular flexibility index (Phi) is 5.18. The number of anilines is 1. The van der Waals surface area contributed by atoms with Gasteiger partial charge in [-0.2, -0.15) is 13.2 Å². The summed E-state index contributed by atoms with van der Waals surface area (Å²) in [4.78, 5) is 24.6. The minimum Gasteiger partial charge on any atom is -0.462 e. The topological polar surface area (TPSA) is 55.4 Å². The summed E-state index contributed by atoms with van der Waals surface area (Å²) in [6, 6.07) is 11.1. The van der Waals surface area contributed by atoms with Crippen LogP contribution in [0, 0.1) is 0 Å². The molecule has 8 heteroatoms. The van der Waals surface area contributed by atoms with Crippen LogP contribution in [0.2, 0.25) is 0 Å². The second-order valence-electron chi connectivity index (χ2n) is 5.58. The Morgan fingerprint density at radius 1 is 1.11 bits per heavy atom. The van der Waals surface area contributed by atoms with E-state index in [1.165, 1.54) is 23.5 Å². The summed E-state index contributed by atoms with van der Waals surface area (Å²) < 4.78 is 45.0. The molecular weight excluding hydrogens is 379 g/mol. The SMILES string of the molecule is CCOC(=O)c1cc2cc(NC(=O)c3ccccc3C(F)(F)F)ccc2s1. The third kappa shape index (κ3) is 4.11. The predicted molar refractivity (Wildman–Crippen MR) is 97.2 cm³/mol. The molecule has 0 spiro atoms. The molecule has 0 unspecified atom stereocenters. The minimum atomic E-state index is -4.63. The molecular formula is C19H14F3NO3S. The van der Waals surface area contributed by atoms with Crippen LogP contribution in [0.4, 0.5) is 18.9 Å². The summed E-state index contributed by atoms with van der Waals surface area (Å²) in [6.07, 6.45) is -4.63. The molecule has 0 bridgehead atoms. The molecule has 0 atom stereocenters. The number of hydrogen-bond acceptors (Lipinski definition) is 4. The Labute approximate surface area is 156 Å². The number of benzene rings is 2. The van der Waals surface area contributed by atoms with E-state index >= 15 is 0 Å². The van der Waals surface area contributed by atoms with Crippen LogP contribution in [-0.4, -0.2) is 18.5 Å². The summed E-state index contributed by atoms with van der Waals surface area (Å²) in [6.45, 7) is 1.96. The molecule has 0 aliphatic carbocycles. The van der Waals surface area contributed by atoms with Gasteiger partial charge in [0.2, 0.25) is 0 Å². The average Bonchev–Trinajstić information content (AvgIpc) is 3.04. The van der Waals surface area contributed by atoms with Crippen LogP contribution < -0.4 is 5.32 Å². The van der Waals surface area contributed by atoms with Crippen molar-refractivity contribution in [1.82, 2.24) is 0 Å². The number of rotatable bonds is 4. The Hall–Kier alpha value is -2.87. The van der Waals surface area contributed by atoms with Gasteiger partial charge in [0.1, 0.15) is 4.88 Å². The summed E-state index contributed by atoms with van der Waals surface area (Å²) in [5.41, 5.74) is -1.12. The normalized spacial score (nSPS) is 11.4. The molecule has 0 saturated carbocycles. The van der Waals surface area contributed by atoms with E-state index in [1.807, 2.05) is 0 Å². The van der Waals surface area contributed by atoms with Crippen LogP contribution in [-0.2, 0) is 10.9 Å². The summed E-state index contributed by atoms with van der Waals surface area (Å²) in [5, 5.41) is 3.16. The second kappa shape index (κ2) is 7.40. The predicted octanol–water partition coefficient (Wildman–Crippen LogP) is 5.35. The number of carbonyl (C=O) groups excluding carboxylic acids is 2. The van der Waals surface area contributed by atoms with Crippen LogP contribution in [0.3, 0.4) is 0 Å². The highest BCUT2D eigenvalue weighted by atomic mass is 32.1. The molecule has 1 aromatic heterocycles. The maximum Gasteiger partial charge on any atom is 0.417 e. The summed E-state index contributed by atoms with van der Waals surface area (Å²) >= 11 is 1.24. The summed E-state index contributed by atoms with van der Waals surface area (Å²) in [5.74, 6) is -1.30. The molecule has 1 N–H and O–H groups in total. The third-order valence-electron chi connectivity index (χ3n) is 3.73. The highest BCUT2D eigenvalue weighted by molar-refractivity contribution is 7.20. The van der Waals surface area contributed by atoms with Crippen LogP contribution >= 0.6 is 11.3 Å². The zero-order chi connectivity index (χ0) is 19.6. The van der Waals surface area contributed by atoms with Crippen molar-refractivity contribution in [3.05, 3.63) is 64.5 Å². The van der Waals surface area contributed by atoms with Gasteiger partial charge >= 0.3 is 12.1 Å². The Bertz CT molecular complexity index is 1010. The first-order valence-electron chi connectivity index (χ1n) is 7.98. The van der Waals surface area contributed by atoms with Gasteiger partial charge in [0.25, 0.3) is 5.91 Å². The first kappa shape index (κ1) is 18.9. The molecule has 1 amide bonds. The van der Waals surface area contributed by atoms with E-state index in [1.54, 1.807) is 31.2 Å². The van der Waals surface area contributed by atoms with Crippen molar-refractivity contribution < 1.29 is 27.5 Å². The van der Waals surface area contributed by atoms with E-state index < -0.39 is 29.2 Å². The van der Waals surface area contributed by atoms with E-state index in [4.69, 9.17) is 4.74 Å². The van der Waals surface area contributed by atoms with Crippen LogP contribution in [0.1, 0.15) is 32.5 Å². The molecule has 140 valence electrons. The van der Waals surface area contributed by atoms with Gasteiger partial charge in [-0.05, 0) is 48.7 Å². The average molecular weight is 393 g/mol. The van der Waals surface area contributed by atoms with E-state index in [-0.39, 0.29) is 6.61 Å². The van der Waals surface area contributed by atoms with Gasteiger partial charge in [-0.3, -0.25) is 4.79 Å². The van der Waals surface area contributed by atoms with Crippen LogP contribution in [0.15, 0.2) is 48.5 Å². The number of thiophene rings is 1. The van der Waals surface area contributed by atoms with Gasteiger partial charge in [-0.25, -0.2) is 4.79 Å². The third-order valence-corrected chi connectivity index (χ3v) is 4.82. The highest BCUT2D eigenvalue weighted by Gasteiger charge is 2.34. The molecule has 4 nitrogen and oxygen atoms in total. The van der Waals surface area contributed by atoms with Crippen molar-refractivity contribution >= 4 is 39.0 Å². The smallest absolute Gasteiger partial charge is 0.417 e. The van der Waals surface area contributed by atoms with Crippen molar-refractivity contribution in [2.24, 2.45) is 0 Å². The molecule has 0 aliphatic heterocycles. The van der Waals surface area contributed by atoms with E-state index in [0.29, 0.717) is 16.0 Å². The zero-order valence-corrected chi connectivity index (χ0v) is 14.9. The lowest BCUT2D eigenvalue weighted by molar-refractivity contribution is -0.137.